The molecule has 3 rings (SSSR count). The molecule has 1 atom stereocenters. The number of carbonyl (C=O) groups excluding carboxylic acids is 2. The standard InChI is InChI=1S/C26H34FN3O4S/c1-3-23(26(32)28-21-14-8-5-9-15-21)29(18-20-12-6-4-7-13-20)25(31)19-30(35(2,33)34)24-17-11-10-16-22(24)27/h4,6-7,10-13,16-17,21,23H,3,5,8-9,14-15,18-19H2,1-2H3,(H,28,32)/t23-/m1/s1. The molecule has 1 saturated carbocycles. The number of halogens is 1. The van der Waals surface area contributed by atoms with E-state index in [1.807, 2.05) is 37.3 Å². The fraction of sp³-hybridized carbons (Fsp3) is 0.462. The molecule has 0 saturated heterocycles. The van der Waals surface area contributed by atoms with Crippen molar-refractivity contribution in [3.63, 3.8) is 0 Å². The molecular formula is C26H34FN3O4S. The maximum Gasteiger partial charge on any atom is 0.244 e. The van der Waals surface area contributed by atoms with Gasteiger partial charge in [0.1, 0.15) is 18.4 Å². The summed E-state index contributed by atoms with van der Waals surface area (Å²) in [5, 5.41) is 3.09. The normalized spacial score (nSPS) is 15.3. The predicted molar refractivity (Wildman–Crippen MR) is 135 cm³/mol. The summed E-state index contributed by atoms with van der Waals surface area (Å²) >= 11 is 0. The van der Waals surface area contributed by atoms with Gasteiger partial charge in [-0.1, -0.05) is 68.7 Å². The molecule has 0 radical (unpaired) electrons. The molecule has 0 aromatic heterocycles. The lowest BCUT2D eigenvalue weighted by Gasteiger charge is -2.34. The van der Waals surface area contributed by atoms with Crippen LogP contribution in [0.1, 0.15) is 51.0 Å². The van der Waals surface area contributed by atoms with Crippen molar-refractivity contribution < 1.29 is 22.4 Å². The lowest BCUT2D eigenvalue weighted by atomic mass is 9.95. The fourth-order valence-corrected chi connectivity index (χ4v) is 5.34. The van der Waals surface area contributed by atoms with Gasteiger partial charge in [-0.25, -0.2) is 12.8 Å². The third-order valence-electron chi connectivity index (χ3n) is 6.33. The number of sulfonamides is 1. The summed E-state index contributed by atoms with van der Waals surface area (Å²) in [6.07, 6.45) is 6.37. The molecule has 1 aliphatic carbocycles. The maximum atomic E-state index is 14.5. The Labute approximate surface area is 207 Å². The molecule has 1 aliphatic rings. The quantitative estimate of drug-likeness (QED) is 0.534. The first-order valence-corrected chi connectivity index (χ1v) is 13.9. The number of nitrogens with one attached hydrogen (secondary N) is 1. The topological polar surface area (TPSA) is 86.8 Å². The van der Waals surface area contributed by atoms with Gasteiger partial charge in [0, 0.05) is 12.6 Å². The van der Waals surface area contributed by atoms with Crippen LogP contribution in [0.5, 0.6) is 0 Å². The Kier molecular flexibility index (Phi) is 9.26. The van der Waals surface area contributed by atoms with E-state index < -0.39 is 34.3 Å². The van der Waals surface area contributed by atoms with Gasteiger partial charge in [0.05, 0.1) is 11.9 Å². The van der Waals surface area contributed by atoms with Crippen LogP contribution >= 0.6 is 0 Å². The van der Waals surface area contributed by atoms with E-state index in [2.05, 4.69) is 5.32 Å². The molecule has 9 heteroatoms. The van der Waals surface area contributed by atoms with E-state index >= 15 is 0 Å². The molecule has 7 nitrogen and oxygen atoms in total. The summed E-state index contributed by atoms with van der Waals surface area (Å²) in [6, 6.07) is 13.9. The van der Waals surface area contributed by atoms with Crippen molar-refractivity contribution >= 4 is 27.5 Å². The molecule has 35 heavy (non-hydrogen) atoms. The van der Waals surface area contributed by atoms with Crippen molar-refractivity contribution in [3.8, 4) is 0 Å². The second-order valence-corrected chi connectivity index (χ2v) is 10.9. The summed E-state index contributed by atoms with van der Waals surface area (Å²) in [5.41, 5.74) is 0.601. The first kappa shape index (κ1) is 26.7. The van der Waals surface area contributed by atoms with Crippen molar-refractivity contribution in [1.82, 2.24) is 10.2 Å². The minimum absolute atomic E-state index is 0.0740. The number of anilines is 1. The average Bonchev–Trinajstić information content (AvgIpc) is 2.83. The molecule has 1 fully saturated rings. The van der Waals surface area contributed by atoms with E-state index in [4.69, 9.17) is 0 Å². The van der Waals surface area contributed by atoms with Crippen molar-refractivity contribution in [2.75, 3.05) is 17.1 Å². The Morgan fingerprint density at radius 2 is 1.66 bits per heavy atom. The number of hydrogen-bond donors (Lipinski definition) is 1. The van der Waals surface area contributed by atoms with Crippen molar-refractivity contribution in [1.29, 1.82) is 0 Å². The summed E-state index contributed by atoms with van der Waals surface area (Å²) in [6.45, 7) is 1.34. The molecule has 2 amide bonds. The van der Waals surface area contributed by atoms with Gasteiger partial charge in [-0.3, -0.25) is 13.9 Å². The summed E-state index contributed by atoms with van der Waals surface area (Å²) in [5.74, 6) is -1.57. The van der Waals surface area contributed by atoms with Gasteiger partial charge < -0.3 is 10.2 Å². The molecule has 2 aromatic carbocycles. The van der Waals surface area contributed by atoms with Crippen molar-refractivity contribution in [2.45, 2.75) is 64.1 Å². The molecule has 1 N–H and O–H groups in total. The monoisotopic (exact) mass is 503 g/mol. The van der Waals surface area contributed by atoms with Crippen LogP contribution in [0.15, 0.2) is 54.6 Å². The van der Waals surface area contributed by atoms with Crippen LogP contribution < -0.4 is 9.62 Å². The van der Waals surface area contributed by atoms with Gasteiger partial charge in [0.25, 0.3) is 0 Å². The second kappa shape index (κ2) is 12.2. The highest BCUT2D eigenvalue weighted by molar-refractivity contribution is 7.92. The number of hydrogen-bond acceptors (Lipinski definition) is 4. The molecule has 0 heterocycles. The lowest BCUT2D eigenvalue weighted by molar-refractivity contribution is -0.140. The van der Waals surface area contributed by atoms with Crippen LogP contribution in [0.25, 0.3) is 0 Å². The van der Waals surface area contributed by atoms with Gasteiger partial charge in [-0.05, 0) is 37.0 Å². The Bertz CT molecular complexity index is 1100. The summed E-state index contributed by atoms with van der Waals surface area (Å²) in [4.78, 5) is 28.3. The zero-order valence-electron chi connectivity index (χ0n) is 20.3. The number of nitrogens with zero attached hydrogens (tertiary/aromatic N) is 2. The molecule has 0 spiro atoms. The van der Waals surface area contributed by atoms with Crippen LogP contribution in [0.2, 0.25) is 0 Å². The van der Waals surface area contributed by atoms with E-state index in [0.29, 0.717) is 6.42 Å². The Morgan fingerprint density at radius 1 is 1.03 bits per heavy atom. The van der Waals surface area contributed by atoms with Crippen molar-refractivity contribution in [2.24, 2.45) is 0 Å². The maximum absolute atomic E-state index is 14.5. The van der Waals surface area contributed by atoms with E-state index in [1.165, 1.54) is 23.1 Å². The van der Waals surface area contributed by atoms with Gasteiger partial charge in [0.15, 0.2) is 0 Å². The molecule has 0 bridgehead atoms. The zero-order chi connectivity index (χ0) is 25.4. The minimum Gasteiger partial charge on any atom is -0.352 e. The van der Waals surface area contributed by atoms with Crippen LogP contribution in [0, 0.1) is 5.82 Å². The first-order valence-electron chi connectivity index (χ1n) is 12.1. The Balaban J connectivity index is 1.90. The van der Waals surface area contributed by atoms with Gasteiger partial charge in [-0.15, -0.1) is 0 Å². The zero-order valence-corrected chi connectivity index (χ0v) is 21.1. The van der Waals surface area contributed by atoms with Crippen LogP contribution in [0.3, 0.4) is 0 Å². The predicted octanol–water partition coefficient (Wildman–Crippen LogP) is 3.85. The minimum atomic E-state index is -3.97. The Morgan fingerprint density at radius 3 is 2.26 bits per heavy atom. The Hall–Kier alpha value is -2.94. The summed E-state index contributed by atoms with van der Waals surface area (Å²) < 4.78 is 40.3. The van der Waals surface area contributed by atoms with Gasteiger partial charge in [0.2, 0.25) is 21.8 Å². The molecule has 190 valence electrons. The van der Waals surface area contributed by atoms with E-state index in [9.17, 15) is 22.4 Å². The molecule has 0 aliphatic heterocycles. The van der Waals surface area contributed by atoms with E-state index in [1.54, 1.807) is 0 Å². The largest absolute Gasteiger partial charge is 0.352 e. The SMILES string of the molecule is CC[C@H](C(=O)NC1CCCCC1)N(Cc1ccccc1)C(=O)CN(c1ccccc1F)S(C)(=O)=O. The van der Waals surface area contributed by atoms with E-state index in [-0.39, 0.29) is 24.2 Å². The van der Waals surface area contributed by atoms with E-state index in [0.717, 1.165) is 54.3 Å². The number of para-hydroxylation sites is 1. The highest BCUT2D eigenvalue weighted by atomic mass is 32.2. The number of rotatable bonds is 10. The summed E-state index contributed by atoms with van der Waals surface area (Å²) in [7, 11) is -3.97. The number of benzene rings is 2. The third-order valence-corrected chi connectivity index (χ3v) is 7.46. The third kappa shape index (κ3) is 7.27. The van der Waals surface area contributed by atoms with Gasteiger partial charge in [-0.2, -0.15) is 0 Å². The number of amides is 2. The highest BCUT2D eigenvalue weighted by Crippen LogP contribution is 2.23. The highest BCUT2D eigenvalue weighted by Gasteiger charge is 2.33. The van der Waals surface area contributed by atoms with Crippen LogP contribution in [-0.4, -0.2) is 50.0 Å². The van der Waals surface area contributed by atoms with Crippen LogP contribution in [0.4, 0.5) is 10.1 Å². The smallest absolute Gasteiger partial charge is 0.244 e. The van der Waals surface area contributed by atoms with Crippen LogP contribution in [-0.2, 0) is 26.2 Å². The number of carbonyl (C=O) groups is 2. The molecule has 2 aromatic rings. The first-order chi connectivity index (χ1) is 16.7. The second-order valence-electron chi connectivity index (χ2n) is 9.00. The lowest BCUT2D eigenvalue weighted by Crippen LogP contribution is -2.54. The van der Waals surface area contributed by atoms with Gasteiger partial charge >= 0.3 is 0 Å². The fourth-order valence-electron chi connectivity index (χ4n) is 4.49. The average molecular weight is 504 g/mol. The molecule has 0 unspecified atom stereocenters. The molecular weight excluding hydrogens is 469 g/mol. The van der Waals surface area contributed by atoms with Crippen molar-refractivity contribution in [3.05, 3.63) is 66.0 Å².